The minimum Gasteiger partial charge on any atom is -0.479 e. The van der Waals surface area contributed by atoms with Gasteiger partial charge in [-0.1, -0.05) is 6.07 Å². The van der Waals surface area contributed by atoms with E-state index in [9.17, 15) is 19.1 Å². The summed E-state index contributed by atoms with van der Waals surface area (Å²) in [6.07, 6.45) is 1.48. The van der Waals surface area contributed by atoms with Crippen LogP contribution in [0, 0.1) is 5.82 Å². The van der Waals surface area contributed by atoms with Gasteiger partial charge in [0.2, 0.25) is 0 Å². The fourth-order valence-electron chi connectivity index (χ4n) is 1.96. The summed E-state index contributed by atoms with van der Waals surface area (Å²) >= 11 is 0. The van der Waals surface area contributed by atoms with Gasteiger partial charge in [0.05, 0.1) is 12.3 Å². The average molecular weight is 321 g/mol. The first-order valence-electron chi connectivity index (χ1n) is 6.72. The molecule has 0 spiro atoms. The fraction of sp³-hybridized carbons (Fsp3) is 0.267. The van der Waals surface area contributed by atoms with Crippen LogP contribution in [0.3, 0.4) is 0 Å². The van der Waals surface area contributed by atoms with Gasteiger partial charge in [0, 0.05) is 13.3 Å². The van der Waals surface area contributed by atoms with Crippen molar-refractivity contribution >= 4 is 11.9 Å². The zero-order valence-corrected chi connectivity index (χ0v) is 12.6. The maximum absolute atomic E-state index is 13.2. The molecule has 1 atom stereocenters. The predicted octanol–water partition coefficient (Wildman–Crippen LogP) is 1.23. The Morgan fingerprint density at radius 1 is 1.43 bits per heavy atom. The Morgan fingerprint density at radius 3 is 2.78 bits per heavy atom. The highest BCUT2D eigenvalue weighted by atomic mass is 19.1. The van der Waals surface area contributed by atoms with E-state index in [1.807, 2.05) is 0 Å². The third kappa shape index (κ3) is 3.72. The van der Waals surface area contributed by atoms with Gasteiger partial charge >= 0.3 is 5.97 Å². The Hall–Kier alpha value is -2.74. The van der Waals surface area contributed by atoms with E-state index in [-0.39, 0.29) is 12.3 Å². The normalized spacial score (nSPS) is 13.3. The second kappa shape index (κ2) is 6.57. The van der Waals surface area contributed by atoms with Crippen molar-refractivity contribution < 1.29 is 23.8 Å². The molecule has 1 aromatic carbocycles. The van der Waals surface area contributed by atoms with Gasteiger partial charge < -0.3 is 15.2 Å². The number of carbonyl (C=O) groups excluding carboxylic acids is 1. The summed E-state index contributed by atoms with van der Waals surface area (Å²) in [6, 6.07) is 7.12. The van der Waals surface area contributed by atoms with E-state index in [4.69, 9.17) is 4.74 Å². The summed E-state index contributed by atoms with van der Waals surface area (Å²) in [5.74, 6) is -2.32. The molecule has 2 N–H and O–H groups in total. The highest BCUT2D eigenvalue weighted by molar-refractivity contribution is 5.96. The van der Waals surface area contributed by atoms with E-state index in [0.29, 0.717) is 5.69 Å². The number of benzene rings is 1. The third-order valence-corrected chi connectivity index (χ3v) is 3.19. The second-order valence-corrected chi connectivity index (χ2v) is 5.15. The minimum atomic E-state index is -1.57. The Kier molecular flexibility index (Phi) is 4.75. The van der Waals surface area contributed by atoms with Crippen LogP contribution in [0.1, 0.15) is 17.4 Å². The molecule has 1 aromatic heterocycles. The number of ether oxygens (including phenoxy) is 1. The lowest BCUT2D eigenvalue weighted by Crippen LogP contribution is -2.55. The molecule has 23 heavy (non-hydrogen) atoms. The van der Waals surface area contributed by atoms with Crippen molar-refractivity contribution in [3.8, 4) is 5.69 Å². The van der Waals surface area contributed by atoms with Gasteiger partial charge in [-0.2, -0.15) is 5.10 Å². The van der Waals surface area contributed by atoms with Gasteiger partial charge in [-0.05, 0) is 31.2 Å². The molecular formula is C15H16FN3O4. The van der Waals surface area contributed by atoms with Gasteiger partial charge in [-0.25, -0.2) is 13.9 Å². The van der Waals surface area contributed by atoms with Crippen molar-refractivity contribution in [2.45, 2.75) is 12.5 Å². The molecule has 0 bridgehead atoms. The highest BCUT2D eigenvalue weighted by Gasteiger charge is 2.35. The van der Waals surface area contributed by atoms with Crippen LogP contribution >= 0.6 is 0 Å². The van der Waals surface area contributed by atoms with Crippen LogP contribution in [0.15, 0.2) is 36.5 Å². The second-order valence-electron chi connectivity index (χ2n) is 5.15. The summed E-state index contributed by atoms with van der Waals surface area (Å²) in [4.78, 5) is 23.5. The lowest BCUT2D eigenvalue weighted by molar-refractivity contribution is -0.145. The summed E-state index contributed by atoms with van der Waals surface area (Å²) in [6.45, 7) is 1.14. The van der Waals surface area contributed by atoms with Crippen LogP contribution in [-0.4, -0.2) is 46.0 Å². The number of rotatable bonds is 6. The van der Waals surface area contributed by atoms with Gasteiger partial charge in [-0.15, -0.1) is 0 Å². The molecule has 0 unspecified atom stereocenters. The van der Waals surface area contributed by atoms with Crippen LogP contribution in [-0.2, 0) is 9.53 Å². The molecule has 1 heterocycles. The molecule has 2 rings (SSSR count). The van der Waals surface area contributed by atoms with Crippen LogP contribution in [0.25, 0.3) is 5.69 Å². The number of carbonyl (C=O) groups is 2. The number of aromatic nitrogens is 2. The van der Waals surface area contributed by atoms with Gasteiger partial charge in [-0.3, -0.25) is 4.79 Å². The number of carboxylic acids is 1. The molecule has 0 saturated carbocycles. The molecule has 0 aliphatic carbocycles. The molecular weight excluding hydrogens is 305 g/mol. The number of aliphatic carboxylic acids is 1. The molecule has 122 valence electrons. The van der Waals surface area contributed by atoms with Crippen molar-refractivity contribution in [2.24, 2.45) is 0 Å². The van der Waals surface area contributed by atoms with Crippen LogP contribution < -0.4 is 5.32 Å². The van der Waals surface area contributed by atoms with Crippen molar-refractivity contribution in [1.29, 1.82) is 0 Å². The Morgan fingerprint density at radius 2 is 2.17 bits per heavy atom. The number of hydrogen-bond donors (Lipinski definition) is 2. The molecule has 0 fully saturated rings. The number of amides is 1. The van der Waals surface area contributed by atoms with Gasteiger partial charge in [0.15, 0.2) is 11.2 Å². The van der Waals surface area contributed by atoms with Crippen molar-refractivity contribution in [3.05, 3.63) is 48.0 Å². The topological polar surface area (TPSA) is 93.5 Å². The number of carboxylic acid groups (broad SMARTS) is 1. The van der Waals surface area contributed by atoms with Crippen molar-refractivity contribution in [3.63, 3.8) is 0 Å². The van der Waals surface area contributed by atoms with E-state index in [2.05, 4.69) is 10.4 Å². The first-order valence-corrected chi connectivity index (χ1v) is 6.72. The van der Waals surface area contributed by atoms with E-state index in [0.717, 1.165) is 0 Å². The van der Waals surface area contributed by atoms with E-state index in [1.54, 1.807) is 6.07 Å². The summed E-state index contributed by atoms with van der Waals surface area (Å²) < 4.78 is 19.4. The fourth-order valence-corrected chi connectivity index (χ4v) is 1.96. The van der Waals surface area contributed by atoms with Crippen molar-refractivity contribution in [2.75, 3.05) is 13.7 Å². The van der Waals surface area contributed by atoms with E-state index in [1.165, 1.54) is 49.2 Å². The van der Waals surface area contributed by atoms with Gasteiger partial charge in [0.25, 0.3) is 5.91 Å². The van der Waals surface area contributed by atoms with Crippen molar-refractivity contribution in [1.82, 2.24) is 15.1 Å². The third-order valence-electron chi connectivity index (χ3n) is 3.19. The largest absolute Gasteiger partial charge is 0.479 e. The molecule has 0 aliphatic heterocycles. The maximum atomic E-state index is 13.2. The smallest absolute Gasteiger partial charge is 0.331 e. The lowest BCUT2D eigenvalue weighted by atomic mass is 10.0. The predicted molar refractivity (Wildman–Crippen MR) is 78.9 cm³/mol. The van der Waals surface area contributed by atoms with Crippen LogP contribution in [0.4, 0.5) is 4.39 Å². The number of nitrogens with one attached hydrogen (secondary N) is 1. The quantitative estimate of drug-likeness (QED) is 0.835. The Bertz CT molecular complexity index is 731. The standard InChI is InChI=1S/C15H16FN3O4/c1-15(9-23-2,14(21)22)17-13(20)12-6-7-19(18-12)11-5-3-4-10(16)8-11/h3-8H,9H2,1-2H3,(H,17,20)(H,21,22)/t15-/m0/s1. The maximum Gasteiger partial charge on any atom is 0.331 e. The average Bonchev–Trinajstić information content (AvgIpc) is 2.97. The zero-order chi connectivity index (χ0) is 17.0. The molecule has 2 aromatic rings. The SMILES string of the molecule is COC[C@](C)(NC(=O)c1ccn(-c2cccc(F)c2)n1)C(=O)O. The number of nitrogens with zero attached hydrogens (tertiary/aromatic N) is 2. The summed E-state index contributed by atoms with van der Waals surface area (Å²) in [7, 11) is 1.34. The molecule has 0 radical (unpaired) electrons. The van der Waals surface area contributed by atoms with Crippen LogP contribution in [0.2, 0.25) is 0 Å². The minimum absolute atomic E-state index is 0.0119. The molecule has 0 aliphatic rings. The zero-order valence-electron chi connectivity index (χ0n) is 12.6. The highest BCUT2D eigenvalue weighted by Crippen LogP contribution is 2.11. The summed E-state index contributed by atoms with van der Waals surface area (Å²) in [5.41, 5.74) is -1.12. The molecule has 8 heteroatoms. The number of halogens is 1. The molecule has 1 amide bonds. The van der Waals surface area contributed by atoms with E-state index < -0.39 is 23.2 Å². The monoisotopic (exact) mass is 321 g/mol. The Labute approximate surface area is 131 Å². The van der Waals surface area contributed by atoms with Gasteiger partial charge in [0.1, 0.15) is 5.82 Å². The molecule has 0 saturated heterocycles. The molecule has 7 nitrogen and oxygen atoms in total. The number of hydrogen-bond acceptors (Lipinski definition) is 4. The Balaban J connectivity index is 2.20. The first kappa shape index (κ1) is 16.6. The lowest BCUT2D eigenvalue weighted by Gasteiger charge is -2.24. The number of methoxy groups -OCH3 is 1. The van der Waals surface area contributed by atoms with Crippen LogP contribution in [0.5, 0.6) is 0 Å². The first-order chi connectivity index (χ1) is 10.9. The summed E-state index contributed by atoms with van der Waals surface area (Å²) in [5, 5.41) is 15.6. The van der Waals surface area contributed by atoms with E-state index >= 15 is 0 Å².